The van der Waals surface area contributed by atoms with E-state index in [4.69, 9.17) is 14.2 Å². The molecule has 0 spiro atoms. The zero-order valence-corrected chi connectivity index (χ0v) is 18.2. The fourth-order valence-corrected chi connectivity index (χ4v) is 4.05. The van der Waals surface area contributed by atoms with Crippen LogP contribution in [0.1, 0.15) is 53.4 Å². The van der Waals surface area contributed by atoms with Crippen LogP contribution in [-0.4, -0.2) is 73.9 Å². The number of aliphatic hydroxyl groups is 3. The van der Waals surface area contributed by atoms with Crippen molar-refractivity contribution in [1.29, 1.82) is 0 Å². The number of aliphatic hydroxyl groups excluding tert-OH is 2. The number of esters is 1. The number of carbonyl (C=O) groups is 1. The van der Waals surface area contributed by atoms with Crippen LogP contribution in [0.25, 0.3) is 0 Å². The van der Waals surface area contributed by atoms with Crippen molar-refractivity contribution in [1.82, 2.24) is 0 Å². The fraction of sp³-hybridized carbons (Fsp3) is 0.833. The van der Waals surface area contributed by atoms with Crippen molar-refractivity contribution in [2.45, 2.75) is 76.3 Å². The zero-order chi connectivity index (χ0) is 22.5. The molecule has 0 bridgehead atoms. The topological polar surface area (TPSA) is 163 Å². The van der Waals surface area contributed by atoms with E-state index in [0.717, 1.165) is 0 Å². The van der Waals surface area contributed by atoms with Gasteiger partial charge in [0.25, 0.3) is 0 Å². The van der Waals surface area contributed by atoms with Crippen LogP contribution in [0, 0.1) is 0 Å². The summed E-state index contributed by atoms with van der Waals surface area (Å²) in [6.07, 6.45) is -0.766. The van der Waals surface area contributed by atoms with Crippen LogP contribution in [0.2, 0.25) is 0 Å². The molecule has 5 N–H and O–H groups in total. The minimum atomic E-state index is -4.64. The van der Waals surface area contributed by atoms with Crippen molar-refractivity contribution in [3.8, 4) is 0 Å². The van der Waals surface area contributed by atoms with Gasteiger partial charge in [0.2, 0.25) is 11.4 Å². The maximum Gasteiger partial charge on any atom is 0.378 e. The van der Waals surface area contributed by atoms with Crippen LogP contribution < -0.4 is 0 Å². The summed E-state index contributed by atoms with van der Waals surface area (Å²) >= 11 is 0. The summed E-state index contributed by atoms with van der Waals surface area (Å²) in [6.45, 7) is 5.94. The predicted molar refractivity (Wildman–Crippen MR) is 103 cm³/mol. The van der Waals surface area contributed by atoms with E-state index in [0.29, 0.717) is 12.8 Å². The number of rotatable bonds is 13. The highest BCUT2D eigenvalue weighted by Crippen LogP contribution is 2.51. The first-order valence-electron chi connectivity index (χ1n) is 9.61. The van der Waals surface area contributed by atoms with E-state index in [1.165, 1.54) is 13.8 Å². The van der Waals surface area contributed by atoms with Crippen LogP contribution >= 0.6 is 7.60 Å². The molecule has 0 aromatic carbocycles. The van der Waals surface area contributed by atoms with Crippen LogP contribution in [0.15, 0.2) is 11.5 Å². The number of unbranched alkanes of at least 4 members (excludes halogenated alkanes) is 1. The molecule has 1 aliphatic heterocycles. The summed E-state index contributed by atoms with van der Waals surface area (Å²) in [4.78, 5) is 31.8. The molecule has 3 atom stereocenters. The standard InChI is InChI=1S/C18H33O10P/c1-5-7-8-12(29(23,24)25)9-18(13(19)10-26-6-2)15(14(20)16(21)28-18)27-11-17(3,4)22/h12-13,19-20,22H,5-11H2,1-4H3,(H2,23,24,25)/t12?,13-,18+/m0/s1. The number of hydrogen-bond acceptors (Lipinski definition) is 8. The van der Waals surface area contributed by atoms with E-state index in [1.807, 2.05) is 6.92 Å². The van der Waals surface area contributed by atoms with Crippen molar-refractivity contribution in [2.75, 3.05) is 19.8 Å². The zero-order valence-electron chi connectivity index (χ0n) is 17.3. The SMILES string of the molecule is CCCCC(C[C@]1([C@@H](O)COCC)OC(=O)C(O)=C1OCC(C)(C)O)P(=O)(O)O. The van der Waals surface area contributed by atoms with Gasteiger partial charge in [-0.1, -0.05) is 19.8 Å². The first-order chi connectivity index (χ1) is 13.3. The quantitative estimate of drug-likeness (QED) is 0.209. The second-order valence-electron chi connectivity index (χ2n) is 7.82. The molecule has 10 nitrogen and oxygen atoms in total. The van der Waals surface area contributed by atoms with Crippen molar-refractivity contribution < 1.29 is 48.7 Å². The Balaban J connectivity index is 3.39. The molecule has 0 saturated carbocycles. The van der Waals surface area contributed by atoms with E-state index in [-0.39, 0.29) is 26.2 Å². The summed E-state index contributed by atoms with van der Waals surface area (Å²) < 4.78 is 28.0. The smallest absolute Gasteiger partial charge is 0.378 e. The van der Waals surface area contributed by atoms with Crippen LogP contribution in [0.3, 0.4) is 0 Å². The Kier molecular flexibility index (Phi) is 9.13. The molecule has 0 aromatic rings. The van der Waals surface area contributed by atoms with Gasteiger partial charge >= 0.3 is 13.6 Å². The fourth-order valence-electron chi connectivity index (χ4n) is 3.03. The summed E-state index contributed by atoms with van der Waals surface area (Å²) in [5.41, 5.74) is -4.65. The largest absolute Gasteiger partial charge is 0.499 e. The van der Waals surface area contributed by atoms with Gasteiger partial charge in [0.1, 0.15) is 12.7 Å². The lowest BCUT2D eigenvalue weighted by molar-refractivity contribution is -0.169. The monoisotopic (exact) mass is 440 g/mol. The maximum atomic E-state index is 12.1. The molecule has 0 saturated heterocycles. The van der Waals surface area contributed by atoms with Gasteiger partial charge in [0.05, 0.1) is 17.9 Å². The lowest BCUT2D eigenvalue weighted by Gasteiger charge is -2.37. The molecule has 1 aliphatic rings. The third-order valence-corrected chi connectivity index (χ3v) is 5.95. The minimum Gasteiger partial charge on any atom is -0.499 e. The van der Waals surface area contributed by atoms with Gasteiger partial charge < -0.3 is 39.3 Å². The molecule has 0 aromatic heterocycles. The summed E-state index contributed by atoms with van der Waals surface area (Å²) in [5, 5.41) is 30.9. The Morgan fingerprint density at radius 1 is 1.28 bits per heavy atom. The van der Waals surface area contributed by atoms with Gasteiger partial charge in [-0.15, -0.1) is 0 Å². The molecule has 170 valence electrons. The highest BCUT2D eigenvalue weighted by atomic mass is 31.2. The summed E-state index contributed by atoms with van der Waals surface area (Å²) in [6, 6.07) is 0. The molecule has 0 aliphatic carbocycles. The van der Waals surface area contributed by atoms with Crippen LogP contribution in [0.5, 0.6) is 0 Å². The van der Waals surface area contributed by atoms with Gasteiger partial charge in [0, 0.05) is 13.0 Å². The van der Waals surface area contributed by atoms with E-state index >= 15 is 0 Å². The van der Waals surface area contributed by atoms with Crippen LogP contribution in [-0.2, 0) is 23.6 Å². The molecule has 1 unspecified atom stereocenters. The van der Waals surface area contributed by atoms with Crippen LogP contribution in [0.4, 0.5) is 0 Å². The summed E-state index contributed by atoms with van der Waals surface area (Å²) in [5.74, 6) is -2.57. The average molecular weight is 440 g/mol. The Labute approximate surface area is 170 Å². The summed E-state index contributed by atoms with van der Waals surface area (Å²) in [7, 11) is -4.64. The molecule has 1 heterocycles. The number of cyclic esters (lactones) is 1. The number of hydrogen-bond donors (Lipinski definition) is 5. The number of ether oxygens (including phenoxy) is 3. The normalized spacial score (nSPS) is 22.6. The Hall–Kier alpha value is -1.16. The third-order valence-electron chi connectivity index (χ3n) is 4.56. The van der Waals surface area contributed by atoms with E-state index in [9.17, 15) is 34.5 Å². The predicted octanol–water partition coefficient (Wildman–Crippen LogP) is 1.36. The molecule has 0 fully saturated rings. The maximum absolute atomic E-state index is 12.1. The van der Waals surface area contributed by atoms with Crippen molar-refractivity contribution in [3.05, 3.63) is 11.5 Å². The second kappa shape index (κ2) is 10.2. The van der Waals surface area contributed by atoms with Crippen molar-refractivity contribution in [2.24, 2.45) is 0 Å². The highest BCUT2D eigenvalue weighted by Gasteiger charge is 2.57. The Morgan fingerprint density at radius 2 is 1.90 bits per heavy atom. The molecule has 29 heavy (non-hydrogen) atoms. The first kappa shape index (κ1) is 25.9. The van der Waals surface area contributed by atoms with Gasteiger partial charge in [0.15, 0.2) is 5.76 Å². The van der Waals surface area contributed by atoms with Gasteiger partial charge in [-0.3, -0.25) is 4.57 Å². The Morgan fingerprint density at radius 3 is 2.38 bits per heavy atom. The highest BCUT2D eigenvalue weighted by molar-refractivity contribution is 7.52. The van der Waals surface area contributed by atoms with E-state index < -0.39 is 54.5 Å². The molecular weight excluding hydrogens is 407 g/mol. The van der Waals surface area contributed by atoms with Crippen molar-refractivity contribution in [3.63, 3.8) is 0 Å². The molecule has 0 radical (unpaired) electrons. The molecule has 11 heteroatoms. The van der Waals surface area contributed by atoms with E-state index in [1.54, 1.807) is 6.92 Å². The van der Waals surface area contributed by atoms with Crippen molar-refractivity contribution >= 4 is 13.6 Å². The van der Waals surface area contributed by atoms with Gasteiger partial charge in [-0.05, 0) is 27.2 Å². The molecular formula is C18H33O10P. The second-order valence-corrected chi connectivity index (χ2v) is 9.73. The lowest BCUT2D eigenvalue weighted by atomic mass is 9.87. The Bertz CT molecular complexity index is 635. The molecule has 1 rings (SSSR count). The van der Waals surface area contributed by atoms with Gasteiger partial charge in [-0.25, -0.2) is 4.79 Å². The number of carbonyl (C=O) groups excluding carboxylic acids is 1. The lowest BCUT2D eigenvalue weighted by Crippen LogP contribution is -2.50. The minimum absolute atomic E-state index is 0.112. The van der Waals surface area contributed by atoms with E-state index in [2.05, 4.69) is 0 Å². The van der Waals surface area contributed by atoms with Gasteiger partial charge in [-0.2, -0.15) is 0 Å². The third kappa shape index (κ3) is 6.94. The molecule has 0 amide bonds. The average Bonchev–Trinajstić information content (AvgIpc) is 2.84. The first-order valence-corrected chi connectivity index (χ1v) is 11.3.